The Morgan fingerprint density at radius 2 is 2.15 bits per heavy atom. The first-order valence-electron chi connectivity index (χ1n) is 6.17. The van der Waals surface area contributed by atoms with Crippen molar-refractivity contribution in [3.63, 3.8) is 0 Å². The summed E-state index contributed by atoms with van der Waals surface area (Å²) >= 11 is 7.07. The predicted molar refractivity (Wildman–Crippen MR) is 81.6 cm³/mol. The highest BCUT2D eigenvalue weighted by molar-refractivity contribution is 7.13. The minimum absolute atomic E-state index is 0.123. The van der Waals surface area contributed by atoms with Crippen molar-refractivity contribution in [2.75, 3.05) is 11.2 Å². The Kier molecular flexibility index (Phi) is 5.38. The molecule has 1 aromatic heterocycles. The van der Waals surface area contributed by atoms with Crippen LogP contribution in [-0.4, -0.2) is 16.8 Å². The Morgan fingerprint density at radius 1 is 1.40 bits per heavy atom. The number of benzene rings is 1. The van der Waals surface area contributed by atoms with Gasteiger partial charge in [-0.05, 0) is 24.1 Å². The number of nitrogens with one attached hydrogen (secondary N) is 1. The molecule has 1 N–H and O–H groups in total. The molecule has 6 heteroatoms. The lowest BCUT2D eigenvalue weighted by Gasteiger charge is -2.05. The van der Waals surface area contributed by atoms with E-state index in [1.165, 1.54) is 23.8 Å². The SMILES string of the molecule is CC(=O)Nc1nc(COc2ccc(CCCl)cc2)cs1. The van der Waals surface area contributed by atoms with E-state index in [1.54, 1.807) is 0 Å². The number of carbonyl (C=O) groups excluding carboxylic acids is 1. The van der Waals surface area contributed by atoms with Gasteiger partial charge in [0.15, 0.2) is 5.13 Å². The van der Waals surface area contributed by atoms with Crippen LogP contribution >= 0.6 is 22.9 Å². The Labute approximate surface area is 126 Å². The Bertz CT molecular complexity index is 569. The van der Waals surface area contributed by atoms with E-state index in [0.29, 0.717) is 17.6 Å². The van der Waals surface area contributed by atoms with Crippen molar-refractivity contribution in [2.24, 2.45) is 0 Å². The minimum Gasteiger partial charge on any atom is -0.487 e. The maximum absolute atomic E-state index is 10.9. The van der Waals surface area contributed by atoms with Gasteiger partial charge in [-0.1, -0.05) is 12.1 Å². The molecule has 1 amide bonds. The maximum Gasteiger partial charge on any atom is 0.223 e. The second-order valence-electron chi connectivity index (χ2n) is 4.20. The standard InChI is InChI=1S/C14H15ClN2O2S/c1-10(18)16-14-17-12(9-20-14)8-19-13-4-2-11(3-5-13)6-7-15/h2-5,9H,6-8H2,1H3,(H,16,17,18). The number of aromatic nitrogens is 1. The molecule has 2 rings (SSSR count). The monoisotopic (exact) mass is 310 g/mol. The van der Waals surface area contributed by atoms with Crippen LogP contribution < -0.4 is 10.1 Å². The summed E-state index contributed by atoms with van der Waals surface area (Å²) in [6, 6.07) is 7.84. The average molecular weight is 311 g/mol. The highest BCUT2D eigenvalue weighted by atomic mass is 35.5. The van der Waals surface area contributed by atoms with E-state index >= 15 is 0 Å². The van der Waals surface area contributed by atoms with Crippen molar-refractivity contribution in [3.8, 4) is 5.75 Å². The zero-order valence-electron chi connectivity index (χ0n) is 11.1. The Morgan fingerprint density at radius 3 is 2.80 bits per heavy atom. The quantitative estimate of drug-likeness (QED) is 0.831. The van der Waals surface area contributed by atoms with Crippen molar-refractivity contribution in [1.82, 2.24) is 4.98 Å². The molecule has 0 fully saturated rings. The molecule has 0 spiro atoms. The van der Waals surface area contributed by atoms with Crippen molar-refractivity contribution in [3.05, 3.63) is 40.9 Å². The largest absolute Gasteiger partial charge is 0.487 e. The van der Waals surface area contributed by atoms with Gasteiger partial charge >= 0.3 is 0 Å². The molecule has 0 saturated heterocycles. The molecule has 0 radical (unpaired) electrons. The lowest BCUT2D eigenvalue weighted by molar-refractivity contribution is -0.114. The summed E-state index contributed by atoms with van der Waals surface area (Å²) < 4.78 is 5.64. The van der Waals surface area contributed by atoms with Gasteiger partial charge in [0, 0.05) is 18.2 Å². The van der Waals surface area contributed by atoms with Gasteiger partial charge in [-0.25, -0.2) is 4.98 Å². The molecule has 2 aromatic rings. The van der Waals surface area contributed by atoms with Crippen molar-refractivity contribution in [2.45, 2.75) is 20.0 Å². The topological polar surface area (TPSA) is 51.2 Å². The van der Waals surface area contributed by atoms with Crippen LogP contribution in [0, 0.1) is 0 Å². The van der Waals surface area contributed by atoms with Gasteiger partial charge in [-0.15, -0.1) is 22.9 Å². The van der Waals surface area contributed by atoms with Crippen LogP contribution in [0.2, 0.25) is 0 Å². The van der Waals surface area contributed by atoms with Crippen molar-refractivity contribution in [1.29, 1.82) is 0 Å². The van der Waals surface area contributed by atoms with Gasteiger partial charge in [0.25, 0.3) is 0 Å². The molecular formula is C14H15ClN2O2S. The molecule has 0 unspecified atom stereocenters. The lowest BCUT2D eigenvalue weighted by atomic mass is 10.2. The molecule has 0 saturated carbocycles. The van der Waals surface area contributed by atoms with Crippen LogP contribution in [0.3, 0.4) is 0 Å². The molecule has 1 heterocycles. The predicted octanol–water partition coefficient (Wildman–Crippen LogP) is 3.46. The lowest BCUT2D eigenvalue weighted by Crippen LogP contribution is -2.05. The number of alkyl halides is 1. The van der Waals surface area contributed by atoms with Gasteiger partial charge in [0.2, 0.25) is 5.91 Å². The number of thiazole rings is 1. The van der Waals surface area contributed by atoms with Crippen LogP contribution in [-0.2, 0) is 17.8 Å². The van der Waals surface area contributed by atoms with Gasteiger partial charge in [-0.2, -0.15) is 0 Å². The van der Waals surface area contributed by atoms with E-state index in [0.717, 1.165) is 17.9 Å². The molecule has 0 aliphatic rings. The number of rotatable bonds is 6. The van der Waals surface area contributed by atoms with E-state index in [1.807, 2.05) is 29.6 Å². The van der Waals surface area contributed by atoms with Crippen molar-refractivity contribution >= 4 is 34.0 Å². The van der Waals surface area contributed by atoms with E-state index in [2.05, 4.69) is 10.3 Å². The summed E-state index contributed by atoms with van der Waals surface area (Å²) in [5, 5.41) is 5.10. The normalized spacial score (nSPS) is 10.3. The Balaban J connectivity index is 1.88. The fourth-order valence-corrected chi connectivity index (χ4v) is 2.56. The van der Waals surface area contributed by atoms with Crippen LogP contribution in [0.15, 0.2) is 29.6 Å². The van der Waals surface area contributed by atoms with Gasteiger partial charge in [0.05, 0.1) is 5.69 Å². The summed E-state index contributed by atoms with van der Waals surface area (Å²) in [5.74, 6) is 1.28. The second-order valence-corrected chi connectivity index (χ2v) is 5.43. The molecule has 0 aliphatic heterocycles. The third-order valence-electron chi connectivity index (χ3n) is 2.53. The number of hydrogen-bond acceptors (Lipinski definition) is 4. The summed E-state index contributed by atoms with van der Waals surface area (Å²) in [6.07, 6.45) is 0.855. The molecule has 1 aromatic carbocycles. The number of amides is 1. The molecule has 106 valence electrons. The first-order valence-corrected chi connectivity index (χ1v) is 7.58. The molecule has 0 atom stereocenters. The number of hydrogen-bond donors (Lipinski definition) is 1. The van der Waals surface area contributed by atoms with Gasteiger partial charge < -0.3 is 10.1 Å². The Hall–Kier alpha value is -1.59. The van der Waals surface area contributed by atoms with Crippen LogP contribution in [0.25, 0.3) is 0 Å². The van der Waals surface area contributed by atoms with Gasteiger partial charge in [-0.3, -0.25) is 4.79 Å². The maximum atomic E-state index is 10.9. The smallest absolute Gasteiger partial charge is 0.223 e. The second kappa shape index (κ2) is 7.26. The summed E-state index contributed by atoms with van der Waals surface area (Å²) in [5.41, 5.74) is 1.98. The van der Waals surface area contributed by atoms with Crippen LogP contribution in [0.1, 0.15) is 18.2 Å². The van der Waals surface area contributed by atoms with Crippen LogP contribution in [0.5, 0.6) is 5.75 Å². The number of nitrogens with zero attached hydrogens (tertiary/aromatic N) is 1. The van der Waals surface area contributed by atoms with E-state index < -0.39 is 0 Å². The van der Waals surface area contributed by atoms with Crippen LogP contribution in [0.4, 0.5) is 5.13 Å². The summed E-state index contributed by atoms with van der Waals surface area (Å²) in [6.45, 7) is 1.84. The first-order chi connectivity index (χ1) is 9.67. The summed E-state index contributed by atoms with van der Waals surface area (Å²) in [4.78, 5) is 15.2. The fraction of sp³-hybridized carbons (Fsp3) is 0.286. The number of aryl methyl sites for hydroxylation is 1. The molecule has 20 heavy (non-hydrogen) atoms. The third kappa shape index (κ3) is 4.51. The number of ether oxygens (including phenoxy) is 1. The highest BCUT2D eigenvalue weighted by Gasteiger charge is 2.04. The summed E-state index contributed by atoms with van der Waals surface area (Å²) in [7, 11) is 0. The zero-order valence-corrected chi connectivity index (χ0v) is 12.6. The molecule has 0 bridgehead atoms. The van der Waals surface area contributed by atoms with Gasteiger partial charge in [0.1, 0.15) is 12.4 Å². The fourth-order valence-electron chi connectivity index (χ4n) is 1.60. The molecule has 4 nitrogen and oxygen atoms in total. The first kappa shape index (κ1) is 14.8. The molecule has 0 aliphatic carbocycles. The highest BCUT2D eigenvalue weighted by Crippen LogP contribution is 2.18. The zero-order chi connectivity index (χ0) is 14.4. The number of carbonyl (C=O) groups is 1. The van der Waals surface area contributed by atoms with E-state index in [-0.39, 0.29) is 5.91 Å². The average Bonchev–Trinajstić information content (AvgIpc) is 2.85. The number of anilines is 1. The minimum atomic E-state index is -0.123. The number of halogens is 1. The molecular weight excluding hydrogens is 296 g/mol. The van der Waals surface area contributed by atoms with Crippen molar-refractivity contribution < 1.29 is 9.53 Å². The van der Waals surface area contributed by atoms with E-state index in [9.17, 15) is 4.79 Å². The third-order valence-corrected chi connectivity index (χ3v) is 3.52. The van der Waals surface area contributed by atoms with E-state index in [4.69, 9.17) is 16.3 Å².